The zero-order chi connectivity index (χ0) is 9.84. The third-order valence-corrected chi connectivity index (χ3v) is 1.80. The van der Waals surface area contributed by atoms with E-state index >= 15 is 0 Å². The average molecular weight is 187 g/mol. The second-order valence-electron chi connectivity index (χ2n) is 2.63. The molecule has 1 aromatic carbocycles. The molecule has 13 heavy (non-hydrogen) atoms. The van der Waals surface area contributed by atoms with Crippen LogP contribution in [0.5, 0.6) is 0 Å². The third-order valence-electron chi connectivity index (χ3n) is 1.80. The zero-order valence-electron chi connectivity index (χ0n) is 7.26. The summed E-state index contributed by atoms with van der Waals surface area (Å²) >= 11 is 0. The Morgan fingerprint density at radius 2 is 2.15 bits per heavy atom. The summed E-state index contributed by atoms with van der Waals surface area (Å²) in [4.78, 5) is 0. The molecule has 0 spiro atoms. The minimum Gasteiger partial charge on any atom is -0.375 e. The molecule has 72 valence electrons. The van der Waals surface area contributed by atoms with Crippen LogP contribution < -0.4 is 5.73 Å². The van der Waals surface area contributed by atoms with Gasteiger partial charge in [0.05, 0.1) is 6.10 Å². The van der Waals surface area contributed by atoms with E-state index in [0.29, 0.717) is 0 Å². The van der Waals surface area contributed by atoms with Gasteiger partial charge >= 0.3 is 0 Å². The van der Waals surface area contributed by atoms with Crippen molar-refractivity contribution in [3.8, 4) is 0 Å². The lowest BCUT2D eigenvalue weighted by atomic mass is 10.1. The molecule has 2 nitrogen and oxygen atoms in total. The number of halogens is 2. The molecular weight excluding hydrogens is 176 g/mol. The lowest BCUT2D eigenvalue weighted by molar-refractivity contribution is 0.107. The van der Waals surface area contributed by atoms with Crippen molar-refractivity contribution >= 4 is 0 Å². The molecule has 0 heterocycles. The topological polar surface area (TPSA) is 35.2 Å². The van der Waals surface area contributed by atoms with Crippen molar-refractivity contribution in [1.29, 1.82) is 0 Å². The van der Waals surface area contributed by atoms with Crippen LogP contribution in [0.4, 0.5) is 8.78 Å². The Balaban J connectivity index is 3.03. The maximum atomic E-state index is 13.1. The first-order valence-corrected chi connectivity index (χ1v) is 3.87. The zero-order valence-corrected chi connectivity index (χ0v) is 7.26. The highest BCUT2D eigenvalue weighted by atomic mass is 19.1. The molecule has 4 heteroatoms. The van der Waals surface area contributed by atoms with Crippen molar-refractivity contribution in [3.63, 3.8) is 0 Å². The Morgan fingerprint density at radius 1 is 1.46 bits per heavy atom. The van der Waals surface area contributed by atoms with Crippen LogP contribution in [0.2, 0.25) is 0 Å². The van der Waals surface area contributed by atoms with Gasteiger partial charge in [-0.2, -0.15) is 0 Å². The van der Waals surface area contributed by atoms with Crippen molar-refractivity contribution in [1.82, 2.24) is 0 Å². The van der Waals surface area contributed by atoms with Gasteiger partial charge in [0, 0.05) is 19.2 Å². The molecule has 0 unspecified atom stereocenters. The SMILES string of the molecule is CO[C@H](CN)c1cc(F)ccc1F. The summed E-state index contributed by atoms with van der Waals surface area (Å²) in [5, 5.41) is 0. The summed E-state index contributed by atoms with van der Waals surface area (Å²) in [5.74, 6) is -0.995. The molecule has 0 saturated heterocycles. The summed E-state index contributed by atoms with van der Waals surface area (Å²) in [6.45, 7) is 0.122. The van der Waals surface area contributed by atoms with Gasteiger partial charge < -0.3 is 10.5 Å². The fourth-order valence-electron chi connectivity index (χ4n) is 1.11. The van der Waals surface area contributed by atoms with Crippen molar-refractivity contribution in [2.45, 2.75) is 6.10 Å². The Labute approximate surface area is 75.3 Å². The van der Waals surface area contributed by atoms with E-state index in [4.69, 9.17) is 10.5 Å². The maximum Gasteiger partial charge on any atom is 0.129 e. The summed E-state index contributed by atoms with van der Waals surface area (Å²) in [6, 6.07) is 3.21. The minimum absolute atomic E-state index is 0.122. The van der Waals surface area contributed by atoms with E-state index in [-0.39, 0.29) is 12.1 Å². The first kappa shape index (κ1) is 10.1. The van der Waals surface area contributed by atoms with E-state index in [1.165, 1.54) is 7.11 Å². The van der Waals surface area contributed by atoms with Gasteiger partial charge in [0.2, 0.25) is 0 Å². The number of ether oxygens (including phenoxy) is 1. The molecule has 1 aromatic rings. The number of nitrogens with two attached hydrogens (primary N) is 1. The van der Waals surface area contributed by atoms with Crippen molar-refractivity contribution in [3.05, 3.63) is 35.4 Å². The molecule has 1 atom stereocenters. The summed E-state index contributed by atoms with van der Waals surface area (Å²) in [5.41, 5.74) is 5.48. The first-order chi connectivity index (χ1) is 6.19. The molecule has 0 aliphatic carbocycles. The quantitative estimate of drug-likeness (QED) is 0.780. The number of methoxy groups -OCH3 is 1. The molecule has 0 bridgehead atoms. The van der Waals surface area contributed by atoms with Crippen LogP contribution in [0.25, 0.3) is 0 Å². The van der Waals surface area contributed by atoms with Crippen molar-refractivity contribution in [2.24, 2.45) is 5.73 Å². The molecule has 0 fully saturated rings. The fourth-order valence-corrected chi connectivity index (χ4v) is 1.11. The van der Waals surface area contributed by atoms with E-state index in [2.05, 4.69) is 0 Å². The smallest absolute Gasteiger partial charge is 0.129 e. The molecule has 0 radical (unpaired) electrons. The molecular formula is C9H11F2NO. The molecule has 0 saturated carbocycles. The standard InChI is InChI=1S/C9H11F2NO/c1-13-9(5-12)7-4-6(10)2-3-8(7)11/h2-4,9H,5,12H2,1H3/t9-/m1/s1. The highest BCUT2D eigenvalue weighted by molar-refractivity contribution is 5.21. The van der Waals surface area contributed by atoms with Gasteiger partial charge in [-0.05, 0) is 18.2 Å². The molecule has 0 aliphatic heterocycles. The van der Waals surface area contributed by atoms with E-state index in [9.17, 15) is 8.78 Å². The molecule has 0 aliphatic rings. The Hall–Kier alpha value is -1.00. The largest absolute Gasteiger partial charge is 0.375 e. The Morgan fingerprint density at radius 3 is 2.69 bits per heavy atom. The van der Waals surface area contributed by atoms with Crippen LogP contribution in [0, 0.1) is 11.6 Å². The molecule has 0 aromatic heterocycles. The number of rotatable bonds is 3. The predicted molar refractivity (Wildman–Crippen MR) is 45.2 cm³/mol. The van der Waals surface area contributed by atoms with Crippen LogP contribution in [0.1, 0.15) is 11.7 Å². The van der Waals surface area contributed by atoms with Crippen LogP contribution in [0.3, 0.4) is 0 Å². The monoisotopic (exact) mass is 187 g/mol. The van der Waals surface area contributed by atoms with E-state index in [0.717, 1.165) is 18.2 Å². The van der Waals surface area contributed by atoms with Gasteiger partial charge in [0.15, 0.2) is 0 Å². The van der Waals surface area contributed by atoms with E-state index < -0.39 is 17.7 Å². The first-order valence-electron chi connectivity index (χ1n) is 3.87. The molecule has 1 rings (SSSR count). The van der Waals surface area contributed by atoms with E-state index in [1.807, 2.05) is 0 Å². The van der Waals surface area contributed by atoms with Gasteiger partial charge in [-0.15, -0.1) is 0 Å². The highest BCUT2D eigenvalue weighted by Gasteiger charge is 2.13. The Kier molecular flexibility index (Phi) is 3.33. The normalized spacial score (nSPS) is 12.9. The van der Waals surface area contributed by atoms with Gasteiger partial charge in [0.25, 0.3) is 0 Å². The van der Waals surface area contributed by atoms with Gasteiger partial charge in [-0.3, -0.25) is 0 Å². The van der Waals surface area contributed by atoms with Gasteiger partial charge in [-0.1, -0.05) is 0 Å². The highest BCUT2D eigenvalue weighted by Crippen LogP contribution is 2.19. The maximum absolute atomic E-state index is 13.1. The average Bonchev–Trinajstić information content (AvgIpc) is 2.13. The van der Waals surface area contributed by atoms with Crippen LogP contribution in [0.15, 0.2) is 18.2 Å². The fraction of sp³-hybridized carbons (Fsp3) is 0.333. The number of hydrogen-bond donors (Lipinski definition) is 1. The van der Waals surface area contributed by atoms with Gasteiger partial charge in [0.1, 0.15) is 11.6 Å². The Bertz CT molecular complexity index is 287. The number of benzene rings is 1. The lowest BCUT2D eigenvalue weighted by Gasteiger charge is -2.13. The van der Waals surface area contributed by atoms with Gasteiger partial charge in [-0.25, -0.2) is 8.78 Å². The predicted octanol–water partition coefficient (Wildman–Crippen LogP) is 1.61. The lowest BCUT2D eigenvalue weighted by Crippen LogP contribution is -2.15. The summed E-state index contributed by atoms with van der Waals surface area (Å²) in [6.07, 6.45) is -0.587. The summed E-state index contributed by atoms with van der Waals surface area (Å²) < 4.78 is 30.7. The van der Waals surface area contributed by atoms with Crippen molar-refractivity contribution in [2.75, 3.05) is 13.7 Å². The third kappa shape index (κ3) is 2.23. The molecule has 0 amide bonds. The summed E-state index contributed by atoms with van der Waals surface area (Å²) in [7, 11) is 1.40. The van der Waals surface area contributed by atoms with Crippen LogP contribution >= 0.6 is 0 Å². The number of hydrogen-bond acceptors (Lipinski definition) is 2. The molecule has 2 N–H and O–H groups in total. The van der Waals surface area contributed by atoms with E-state index in [1.54, 1.807) is 0 Å². The second-order valence-corrected chi connectivity index (χ2v) is 2.63. The van der Waals surface area contributed by atoms with Crippen LogP contribution in [-0.2, 0) is 4.74 Å². The van der Waals surface area contributed by atoms with Crippen molar-refractivity contribution < 1.29 is 13.5 Å². The van der Waals surface area contributed by atoms with Crippen LogP contribution in [-0.4, -0.2) is 13.7 Å². The second kappa shape index (κ2) is 4.30. The minimum atomic E-state index is -0.587.